The summed E-state index contributed by atoms with van der Waals surface area (Å²) in [6.07, 6.45) is 2.86. The fourth-order valence-electron chi connectivity index (χ4n) is 3.75. The Morgan fingerprint density at radius 1 is 1.08 bits per heavy atom. The molecule has 9 nitrogen and oxygen atoms in total. The van der Waals surface area contributed by atoms with Gasteiger partial charge in [0.2, 0.25) is 0 Å². The highest BCUT2D eigenvalue weighted by molar-refractivity contribution is 6.34. The number of hydrogen-bond donors (Lipinski definition) is 2. The van der Waals surface area contributed by atoms with Crippen molar-refractivity contribution in [3.05, 3.63) is 99.6 Å². The number of nitrogens with two attached hydrogens (primary N) is 1. The Balaban J connectivity index is 1.47. The molecule has 0 unspecified atom stereocenters. The van der Waals surface area contributed by atoms with E-state index >= 15 is 0 Å². The molecule has 0 spiro atoms. The summed E-state index contributed by atoms with van der Waals surface area (Å²) in [7, 11) is 1.64. The Kier molecular flexibility index (Phi) is 6.06. The number of aryl methyl sites for hydroxylation is 1. The van der Waals surface area contributed by atoms with Crippen molar-refractivity contribution in [1.29, 1.82) is 0 Å². The Morgan fingerprint density at radius 2 is 1.84 bits per heavy atom. The van der Waals surface area contributed by atoms with E-state index in [1.807, 2.05) is 0 Å². The summed E-state index contributed by atoms with van der Waals surface area (Å²) in [5.74, 6) is -2.08. The Bertz CT molecular complexity index is 1730. The second-order valence-corrected chi connectivity index (χ2v) is 8.31. The molecule has 12 heteroatoms. The zero-order valence-corrected chi connectivity index (χ0v) is 19.8. The second kappa shape index (κ2) is 9.36. The van der Waals surface area contributed by atoms with Gasteiger partial charge in [-0.3, -0.25) is 18.8 Å². The standard InChI is InChI=1S/C25H17ClF2N6O3/c1-33-24-13(12-31-33)10-17(25(36)34(24)16-5-2-14(27)3-6-16)23(35)32-15-4-7-19(18(28)11-15)37-20-8-9-30-22(29)21(20)26/h2-12H,1H3,(H2,29,30)(H,32,35). The number of aromatic nitrogens is 4. The molecule has 0 fully saturated rings. The molecule has 1 amide bonds. The first-order valence-corrected chi connectivity index (χ1v) is 11.1. The highest BCUT2D eigenvalue weighted by atomic mass is 35.5. The highest BCUT2D eigenvalue weighted by Gasteiger charge is 2.20. The summed E-state index contributed by atoms with van der Waals surface area (Å²) < 4.78 is 36.5. The molecule has 3 heterocycles. The molecule has 37 heavy (non-hydrogen) atoms. The van der Waals surface area contributed by atoms with Gasteiger partial charge in [0.1, 0.15) is 27.9 Å². The van der Waals surface area contributed by atoms with E-state index in [9.17, 15) is 18.4 Å². The zero-order valence-electron chi connectivity index (χ0n) is 19.1. The predicted molar refractivity (Wildman–Crippen MR) is 134 cm³/mol. The molecular formula is C25H17ClF2N6O3. The molecule has 0 atom stereocenters. The van der Waals surface area contributed by atoms with Crippen molar-refractivity contribution >= 4 is 40.0 Å². The number of benzene rings is 2. The summed E-state index contributed by atoms with van der Waals surface area (Å²) in [5.41, 5.74) is 5.59. The number of carbonyl (C=O) groups excluding carboxylic acids is 1. The van der Waals surface area contributed by atoms with Crippen LogP contribution in [0.25, 0.3) is 16.7 Å². The lowest BCUT2D eigenvalue weighted by atomic mass is 10.2. The Labute approximate surface area is 212 Å². The van der Waals surface area contributed by atoms with Crippen molar-refractivity contribution in [2.75, 3.05) is 11.1 Å². The van der Waals surface area contributed by atoms with Crippen LogP contribution in [-0.2, 0) is 7.05 Å². The van der Waals surface area contributed by atoms with Crippen LogP contribution >= 0.6 is 11.6 Å². The first-order chi connectivity index (χ1) is 17.7. The largest absolute Gasteiger partial charge is 0.453 e. The molecule has 0 radical (unpaired) electrons. The number of fused-ring (bicyclic) bond motifs is 1. The van der Waals surface area contributed by atoms with Gasteiger partial charge in [-0.1, -0.05) is 11.6 Å². The number of nitrogens with zero attached hydrogens (tertiary/aromatic N) is 4. The topological polar surface area (TPSA) is 117 Å². The van der Waals surface area contributed by atoms with Crippen molar-refractivity contribution < 1.29 is 18.3 Å². The molecule has 0 aliphatic carbocycles. The smallest absolute Gasteiger partial charge is 0.269 e. The van der Waals surface area contributed by atoms with Crippen molar-refractivity contribution in [1.82, 2.24) is 19.3 Å². The Hall–Kier alpha value is -4.77. The molecule has 0 aliphatic heterocycles. The van der Waals surface area contributed by atoms with Crippen LogP contribution < -0.4 is 21.3 Å². The second-order valence-electron chi connectivity index (χ2n) is 7.93. The van der Waals surface area contributed by atoms with Gasteiger partial charge >= 0.3 is 0 Å². The minimum Gasteiger partial charge on any atom is -0.453 e. The minimum atomic E-state index is -0.796. The van der Waals surface area contributed by atoms with Gasteiger partial charge in [0.15, 0.2) is 17.3 Å². The van der Waals surface area contributed by atoms with E-state index in [2.05, 4.69) is 15.4 Å². The monoisotopic (exact) mass is 522 g/mol. The van der Waals surface area contributed by atoms with Gasteiger partial charge in [-0.05, 0) is 42.5 Å². The van der Waals surface area contributed by atoms with Crippen molar-refractivity contribution in [3.63, 3.8) is 0 Å². The lowest BCUT2D eigenvalue weighted by Gasteiger charge is -2.13. The van der Waals surface area contributed by atoms with Crippen molar-refractivity contribution in [2.45, 2.75) is 0 Å². The summed E-state index contributed by atoms with van der Waals surface area (Å²) in [6, 6.07) is 11.8. The summed E-state index contributed by atoms with van der Waals surface area (Å²) in [6.45, 7) is 0. The molecule has 5 rings (SSSR count). The van der Waals surface area contributed by atoms with Gasteiger partial charge in [-0.2, -0.15) is 5.10 Å². The first-order valence-electron chi connectivity index (χ1n) is 10.8. The molecule has 2 aromatic carbocycles. The number of pyridine rings is 2. The van der Waals surface area contributed by atoms with Gasteiger partial charge in [0, 0.05) is 36.5 Å². The van der Waals surface area contributed by atoms with E-state index in [0.717, 1.165) is 6.07 Å². The number of hydrogen-bond acceptors (Lipinski definition) is 6. The van der Waals surface area contributed by atoms with Gasteiger partial charge in [0.05, 0.1) is 11.9 Å². The third-order valence-electron chi connectivity index (χ3n) is 5.50. The van der Waals surface area contributed by atoms with E-state index in [1.165, 1.54) is 70.2 Å². The van der Waals surface area contributed by atoms with Crippen LogP contribution in [0, 0.1) is 11.6 Å². The SMILES string of the molecule is Cn1ncc2cc(C(=O)Nc3ccc(Oc4ccnc(N)c4Cl)c(F)c3)c(=O)n(-c3ccc(F)cc3)c21. The molecule has 0 saturated carbocycles. The quantitative estimate of drug-likeness (QED) is 0.346. The van der Waals surface area contributed by atoms with Crippen LogP contribution in [0.4, 0.5) is 20.3 Å². The lowest BCUT2D eigenvalue weighted by Crippen LogP contribution is -2.29. The molecule has 186 valence electrons. The molecule has 0 aliphatic rings. The average Bonchev–Trinajstić information content (AvgIpc) is 3.24. The van der Waals surface area contributed by atoms with Crippen LogP contribution in [-0.4, -0.2) is 25.2 Å². The summed E-state index contributed by atoms with van der Waals surface area (Å²) >= 11 is 6.04. The number of carbonyl (C=O) groups is 1. The number of ether oxygens (including phenoxy) is 1. The Morgan fingerprint density at radius 3 is 2.57 bits per heavy atom. The van der Waals surface area contributed by atoms with E-state index in [4.69, 9.17) is 22.1 Å². The third kappa shape index (κ3) is 4.47. The number of halogens is 3. The fraction of sp³-hybridized carbons (Fsp3) is 0.0400. The van der Waals surface area contributed by atoms with E-state index < -0.39 is 23.1 Å². The summed E-state index contributed by atoms with van der Waals surface area (Å²) in [5, 5.41) is 7.21. The lowest BCUT2D eigenvalue weighted by molar-refractivity contribution is 0.102. The number of amides is 1. The molecule has 0 bridgehead atoms. The molecule has 3 N–H and O–H groups in total. The first kappa shape index (κ1) is 23.9. The molecule has 3 aromatic heterocycles. The maximum atomic E-state index is 14.8. The van der Waals surface area contributed by atoms with Gasteiger partial charge in [-0.25, -0.2) is 13.8 Å². The maximum Gasteiger partial charge on any atom is 0.269 e. The average molecular weight is 523 g/mol. The molecule has 0 saturated heterocycles. The number of nitrogen functional groups attached to an aromatic ring is 1. The number of nitrogens with one attached hydrogen (secondary N) is 1. The van der Waals surface area contributed by atoms with Crippen LogP contribution in [0.15, 0.2) is 71.8 Å². The van der Waals surface area contributed by atoms with Gasteiger partial charge in [0.25, 0.3) is 11.5 Å². The minimum absolute atomic E-state index is 0.0281. The fourth-order valence-corrected chi connectivity index (χ4v) is 3.90. The maximum absolute atomic E-state index is 14.8. The third-order valence-corrected chi connectivity index (χ3v) is 5.88. The van der Waals surface area contributed by atoms with Crippen LogP contribution in [0.2, 0.25) is 5.02 Å². The zero-order chi connectivity index (χ0) is 26.3. The van der Waals surface area contributed by atoms with E-state index in [-0.39, 0.29) is 33.6 Å². The van der Waals surface area contributed by atoms with Crippen LogP contribution in [0.1, 0.15) is 10.4 Å². The van der Waals surface area contributed by atoms with Crippen molar-refractivity contribution in [2.24, 2.45) is 7.05 Å². The predicted octanol–water partition coefficient (Wildman–Crippen LogP) is 4.68. The molecular weight excluding hydrogens is 506 g/mol. The number of rotatable bonds is 5. The number of anilines is 2. The van der Waals surface area contributed by atoms with Gasteiger partial charge in [-0.15, -0.1) is 0 Å². The van der Waals surface area contributed by atoms with Crippen LogP contribution in [0.3, 0.4) is 0 Å². The van der Waals surface area contributed by atoms with E-state index in [0.29, 0.717) is 16.7 Å². The highest BCUT2D eigenvalue weighted by Crippen LogP contribution is 2.34. The summed E-state index contributed by atoms with van der Waals surface area (Å²) in [4.78, 5) is 30.3. The normalized spacial score (nSPS) is 11.0. The molecule has 5 aromatic rings. The van der Waals surface area contributed by atoms with Crippen LogP contribution in [0.5, 0.6) is 11.5 Å². The van der Waals surface area contributed by atoms with Gasteiger partial charge < -0.3 is 15.8 Å². The van der Waals surface area contributed by atoms with E-state index in [1.54, 1.807) is 7.05 Å². The van der Waals surface area contributed by atoms with Crippen molar-refractivity contribution in [3.8, 4) is 17.2 Å².